The maximum absolute atomic E-state index is 12.5. The average Bonchev–Trinajstić information content (AvgIpc) is 3.34. The topological polar surface area (TPSA) is 109 Å². The van der Waals surface area contributed by atoms with E-state index in [0.29, 0.717) is 34.8 Å². The van der Waals surface area contributed by atoms with Crippen molar-refractivity contribution in [2.24, 2.45) is 0 Å². The molecule has 0 spiro atoms. The van der Waals surface area contributed by atoms with E-state index in [0.717, 1.165) is 5.56 Å². The van der Waals surface area contributed by atoms with Crippen LogP contribution in [0.2, 0.25) is 5.15 Å². The monoisotopic (exact) mass is 402 g/mol. The van der Waals surface area contributed by atoms with Gasteiger partial charge in [0.05, 0.1) is 31.2 Å². The van der Waals surface area contributed by atoms with E-state index in [2.05, 4.69) is 20.3 Å². The number of carbonyl (C=O) groups excluding carboxylic acids is 2. The molecule has 146 valence electrons. The molecule has 2 aromatic heterocycles. The first-order valence-electron chi connectivity index (χ1n) is 8.47. The summed E-state index contributed by atoms with van der Waals surface area (Å²) in [5.41, 5.74) is 3.07. The number of H-pyrrole nitrogens is 2. The van der Waals surface area contributed by atoms with Gasteiger partial charge in [0.1, 0.15) is 5.75 Å². The predicted octanol–water partition coefficient (Wildman–Crippen LogP) is 3.67. The predicted molar refractivity (Wildman–Crippen MR) is 105 cm³/mol. The molecule has 0 saturated carbocycles. The zero-order valence-electron chi connectivity index (χ0n) is 15.6. The van der Waals surface area contributed by atoms with Crippen LogP contribution < -0.4 is 10.1 Å². The van der Waals surface area contributed by atoms with Gasteiger partial charge in [-0.15, -0.1) is 0 Å². The van der Waals surface area contributed by atoms with Crippen molar-refractivity contribution >= 4 is 29.2 Å². The SMILES string of the molecule is CCc1[nH]c(C(=O)Nc2ccc(-c3cc(C(=O)OC)c[nH]3)cc2OC)nc1Cl. The van der Waals surface area contributed by atoms with Crippen LogP contribution in [0.5, 0.6) is 5.75 Å². The smallest absolute Gasteiger partial charge is 0.339 e. The number of carbonyl (C=O) groups is 2. The van der Waals surface area contributed by atoms with Crippen LogP contribution in [-0.2, 0) is 11.2 Å². The van der Waals surface area contributed by atoms with Crippen LogP contribution in [0.15, 0.2) is 30.5 Å². The van der Waals surface area contributed by atoms with E-state index in [9.17, 15) is 9.59 Å². The van der Waals surface area contributed by atoms with Crippen LogP contribution in [0.25, 0.3) is 11.3 Å². The Morgan fingerprint density at radius 2 is 2.04 bits per heavy atom. The van der Waals surface area contributed by atoms with Gasteiger partial charge in [0.2, 0.25) is 0 Å². The summed E-state index contributed by atoms with van der Waals surface area (Å²) >= 11 is 5.99. The fourth-order valence-electron chi connectivity index (χ4n) is 2.67. The van der Waals surface area contributed by atoms with Crippen LogP contribution in [-0.4, -0.2) is 41.0 Å². The molecule has 0 atom stereocenters. The van der Waals surface area contributed by atoms with Gasteiger partial charge in [-0.3, -0.25) is 4.79 Å². The van der Waals surface area contributed by atoms with Gasteiger partial charge in [0.25, 0.3) is 5.91 Å². The molecule has 0 unspecified atom stereocenters. The number of amides is 1. The zero-order valence-corrected chi connectivity index (χ0v) is 16.3. The Balaban J connectivity index is 1.84. The molecule has 1 aromatic carbocycles. The van der Waals surface area contributed by atoms with E-state index in [1.165, 1.54) is 14.2 Å². The summed E-state index contributed by atoms with van der Waals surface area (Å²) in [6, 6.07) is 6.92. The largest absolute Gasteiger partial charge is 0.495 e. The number of nitrogens with zero attached hydrogens (tertiary/aromatic N) is 1. The molecule has 0 fully saturated rings. The van der Waals surface area contributed by atoms with Gasteiger partial charge in [0, 0.05) is 17.5 Å². The number of ether oxygens (including phenoxy) is 2. The van der Waals surface area contributed by atoms with Crippen LogP contribution in [0, 0.1) is 0 Å². The van der Waals surface area contributed by atoms with E-state index in [1.54, 1.807) is 30.5 Å². The maximum Gasteiger partial charge on any atom is 0.339 e. The van der Waals surface area contributed by atoms with E-state index < -0.39 is 11.9 Å². The number of anilines is 1. The average molecular weight is 403 g/mol. The Hall–Kier alpha value is -3.26. The van der Waals surface area contributed by atoms with E-state index >= 15 is 0 Å². The number of esters is 1. The molecular formula is C19H19ClN4O4. The Morgan fingerprint density at radius 1 is 1.25 bits per heavy atom. The highest BCUT2D eigenvalue weighted by Gasteiger charge is 2.17. The Morgan fingerprint density at radius 3 is 2.68 bits per heavy atom. The maximum atomic E-state index is 12.5. The van der Waals surface area contributed by atoms with Gasteiger partial charge >= 0.3 is 5.97 Å². The lowest BCUT2D eigenvalue weighted by atomic mass is 10.1. The summed E-state index contributed by atoms with van der Waals surface area (Å²) in [5, 5.41) is 3.03. The summed E-state index contributed by atoms with van der Waals surface area (Å²) in [6.45, 7) is 1.91. The molecule has 3 aromatic rings. The number of aryl methyl sites for hydroxylation is 1. The van der Waals surface area contributed by atoms with Crippen molar-refractivity contribution in [3.05, 3.63) is 52.7 Å². The highest BCUT2D eigenvalue weighted by atomic mass is 35.5. The van der Waals surface area contributed by atoms with Crippen molar-refractivity contribution in [3.63, 3.8) is 0 Å². The number of nitrogens with one attached hydrogen (secondary N) is 3. The third-order valence-corrected chi connectivity index (χ3v) is 4.47. The molecule has 3 rings (SSSR count). The molecule has 0 aliphatic heterocycles. The molecule has 8 nitrogen and oxygen atoms in total. The highest BCUT2D eigenvalue weighted by Crippen LogP contribution is 2.31. The van der Waals surface area contributed by atoms with Gasteiger partial charge in [-0.25, -0.2) is 9.78 Å². The Bertz CT molecular complexity index is 1020. The highest BCUT2D eigenvalue weighted by molar-refractivity contribution is 6.30. The molecule has 0 radical (unpaired) electrons. The number of rotatable bonds is 6. The molecule has 28 heavy (non-hydrogen) atoms. The van der Waals surface area contributed by atoms with Gasteiger partial charge in [-0.05, 0) is 24.6 Å². The summed E-state index contributed by atoms with van der Waals surface area (Å²) in [6.07, 6.45) is 2.20. The second-order valence-corrected chi connectivity index (χ2v) is 6.23. The number of hydrogen-bond acceptors (Lipinski definition) is 5. The van der Waals surface area contributed by atoms with Gasteiger partial charge in [-0.1, -0.05) is 24.6 Å². The van der Waals surface area contributed by atoms with Crippen molar-refractivity contribution in [1.29, 1.82) is 0 Å². The van der Waals surface area contributed by atoms with E-state index in [4.69, 9.17) is 21.1 Å². The summed E-state index contributed by atoms with van der Waals surface area (Å²) in [5.74, 6) is -0.282. The third kappa shape index (κ3) is 3.86. The number of methoxy groups -OCH3 is 2. The molecule has 2 heterocycles. The second-order valence-electron chi connectivity index (χ2n) is 5.87. The van der Waals surface area contributed by atoms with Crippen molar-refractivity contribution < 1.29 is 19.1 Å². The standard InChI is InChI=1S/C19H19ClN4O4/c1-4-12-16(20)24-17(22-12)18(25)23-13-6-5-10(8-15(13)27-2)14-7-11(9-21-14)19(26)28-3/h5-9,21H,4H2,1-3H3,(H,22,24)(H,23,25). The van der Waals surface area contributed by atoms with Gasteiger partial charge < -0.3 is 24.8 Å². The number of halogens is 1. The molecule has 3 N–H and O–H groups in total. The number of hydrogen-bond donors (Lipinski definition) is 3. The molecule has 0 aliphatic carbocycles. The van der Waals surface area contributed by atoms with Gasteiger partial charge in [0.15, 0.2) is 11.0 Å². The van der Waals surface area contributed by atoms with E-state index in [-0.39, 0.29) is 11.0 Å². The van der Waals surface area contributed by atoms with E-state index in [1.807, 2.05) is 6.92 Å². The van der Waals surface area contributed by atoms with Crippen LogP contribution in [0.4, 0.5) is 5.69 Å². The molecule has 0 saturated heterocycles. The van der Waals surface area contributed by atoms with Crippen molar-refractivity contribution in [2.75, 3.05) is 19.5 Å². The molecule has 1 amide bonds. The Labute approximate surface area is 166 Å². The second kappa shape index (κ2) is 8.18. The minimum atomic E-state index is -0.430. The summed E-state index contributed by atoms with van der Waals surface area (Å²) in [7, 11) is 2.83. The van der Waals surface area contributed by atoms with Crippen molar-refractivity contribution in [1.82, 2.24) is 15.0 Å². The lowest BCUT2D eigenvalue weighted by Crippen LogP contribution is -2.14. The summed E-state index contributed by atoms with van der Waals surface area (Å²) < 4.78 is 10.1. The number of aromatic nitrogens is 3. The van der Waals surface area contributed by atoms with Crippen LogP contribution >= 0.6 is 11.6 Å². The molecular weight excluding hydrogens is 384 g/mol. The molecule has 0 bridgehead atoms. The third-order valence-electron chi connectivity index (χ3n) is 4.16. The summed E-state index contributed by atoms with van der Waals surface area (Å²) in [4.78, 5) is 34.0. The van der Waals surface area contributed by atoms with Gasteiger partial charge in [-0.2, -0.15) is 0 Å². The molecule has 0 aliphatic rings. The minimum Gasteiger partial charge on any atom is -0.495 e. The fraction of sp³-hybridized carbons (Fsp3) is 0.211. The first-order chi connectivity index (χ1) is 13.5. The van der Waals surface area contributed by atoms with Crippen LogP contribution in [0.1, 0.15) is 33.6 Å². The number of benzene rings is 1. The quantitative estimate of drug-likeness (QED) is 0.545. The lowest BCUT2D eigenvalue weighted by Gasteiger charge is -2.11. The lowest BCUT2D eigenvalue weighted by molar-refractivity contribution is 0.0601. The number of aromatic amines is 2. The van der Waals surface area contributed by atoms with Crippen molar-refractivity contribution in [2.45, 2.75) is 13.3 Å². The first kappa shape index (κ1) is 19.5. The van der Waals surface area contributed by atoms with Crippen molar-refractivity contribution in [3.8, 4) is 17.0 Å². The Kier molecular flexibility index (Phi) is 5.70. The van der Waals surface area contributed by atoms with Crippen LogP contribution in [0.3, 0.4) is 0 Å². The number of imidazole rings is 1. The first-order valence-corrected chi connectivity index (χ1v) is 8.85. The normalized spacial score (nSPS) is 10.6. The zero-order chi connectivity index (χ0) is 20.3. The molecule has 9 heteroatoms. The fourth-order valence-corrected chi connectivity index (χ4v) is 2.94. The minimum absolute atomic E-state index is 0.125.